The van der Waals surface area contributed by atoms with E-state index in [1.165, 1.54) is 24.8 Å². The van der Waals surface area contributed by atoms with Crippen molar-refractivity contribution in [3.8, 4) is 0 Å². The van der Waals surface area contributed by atoms with Crippen molar-refractivity contribution in [2.24, 2.45) is 5.92 Å². The Kier molecular flexibility index (Phi) is 20.0. The highest BCUT2D eigenvalue weighted by Crippen LogP contribution is 2.50. The number of allylic oxidation sites excluding steroid dienone is 2. The monoisotopic (exact) mass is 886 g/mol. The van der Waals surface area contributed by atoms with Crippen molar-refractivity contribution in [3.05, 3.63) is 81.1 Å². The molecule has 2 fully saturated rings. The zero-order valence-corrected chi connectivity index (χ0v) is 35.1. The molecular weight excluding hydrogens is 831 g/mol. The van der Waals surface area contributed by atoms with Gasteiger partial charge in [0.25, 0.3) is 5.56 Å². The van der Waals surface area contributed by atoms with E-state index in [2.05, 4.69) is 15.6 Å². The van der Waals surface area contributed by atoms with Crippen molar-refractivity contribution in [1.29, 1.82) is 0 Å². The average Bonchev–Trinajstić information content (AvgIpc) is 3.54. The van der Waals surface area contributed by atoms with Crippen molar-refractivity contribution in [3.63, 3.8) is 0 Å². The van der Waals surface area contributed by atoms with Crippen LogP contribution in [0.3, 0.4) is 0 Å². The van der Waals surface area contributed by atoms with Gasteiger partial charge in [-0.05, 0) is 55.9 Å². The number of aromatic amines is 1. The van der Waals surface area contributed by atoms with Crippen LogP contribution in [0.15, 0.2) is 64.3 Å². The van der Waals surface area contributed by atoms with Gasteiger partial charge in [0.05, 0.1) is 6.61 Å². The summed E-state index contributed by atoms with van der Waals surface area (Å²) in [6.45, 7) is -2.94. The number of ether oxygens (including phenoxy) is 5. The van der Waals surface area contributed by atoms with E-state index in [1.807, 2.05) is 18.2 Å². The second-order valence-electron chi connectivity index (χ2n) is 14.1. The molecule has 1 aromatic carbocycles. The van der Waals surface area contributed by atoms with Crippen LogP contribution in [-0.4, -0.2) is 124 Å². The molecule has 334 valence electrons. The summed E-state index contributed by atoms with van der Waals surface area (Å²) in [6, 6.07) is 9.10. The van der Waals surface area contributed by atoms with Gasteiger partial charge in [0.1, 0.15) is 56.0 Å². The first-order valence-corrected chi connectivity index (χ1v) is 22.1. The van der Waals surface area contributed by atoms with Gasteiger partial charge in [0.15, 0.2) is 6.29 Å². The summed E-state index contributed by atoms with van der Waals surface area (Å²) < 4.78 is 40.0. The van der Waals surface area contributed by atoms with Gasteiger partial charge in [-0.3, -0.25) is 23.9 Å². The highest BCUT2D eigenvalue weighted by molar-refractivity contribution is 8.07. The Morgan fingerprint density at radius 2 is 1.77 bits per heavy atom. The molecule has 2 amide bonds. The maximum Gasteiger partial charge on any atom is 0.508 e. The fourth-order valence-electron chi connectivity index (χ4n) is 6.61. The Labute approximate surface area is 351 Å². The molecule has 0 aliphatic carbocycles. The topological polar surface area (TPSA) is 276 Å². The first-order chi connectivity index (χ1) is 28.7. The van der Waals surface area contributed by atoms with E-state index in [-0.39, 0.29) is 38.6 Å². The lowest BCUT2D eigenvalue weighted by Crippen LogP contribution is -2.64. The number of carbonyl (C=O) groups is 3. The number of nitrogens with one attached hydrogen (secondary N) is 3. The molecule has 1 aromatic heterocycles. The molecule has 0 radical (unpaired) electrons. The summed E-state index contributed by atoms with van der Waals surface area (Å²) in [4.78, 5) is 74.1. The van der Waals surface area contributed by atoms with E-state index in [0.717, 1.165) is 18.1 Å². The van der Waals surface area contributed by atoms with Crippen molar-refractivity contribution >= 4 is 36.5 Å². The van der Waals surface area contributed by atoms with E-state index in [9.17, 15) is 44.2 Å². The van der Waals surface area contributed by atoms with E-state index in [1.54, 1.807) is 24.3 Å². The molecule has 10 atom stereocenters. The second-order valence-corrected chi connectivity index (χ2v) is 17.0. The Morgan fingerprint density at radius 3 is 2.47 bits per heavy atom. The number of unbranched alkanes of at least 4 members (excludes halogenated alkanes) is 3. The number of hydrogen-bond donors (Lipinski definition) is 7. The fourth-order valence-corrected chi connectivity index (χ4v) is 7.59. The van der Waals surface area contributed by atoms with Gasteiger partial charge in [-0.1, -0.05) is 42.5 Å². The third-order valence-electron chi connectivity index (χ3n) is 9.67. The average molecular weight is 887 g/mol. The van der Waals surface area contributed by atoms with Crippen molar-refractivity contribution < 1.29 is 67.3 Å². The van der Waals surface area contributed by atoms with Gasteiger partial charge in [-0.2, -0.15) is 0 Å². The summed E-state index contributed by atoms with van der Waals surface area (Å²) in [5.74, 6) is -1.28. The molecule has 2 unspecified atom stereocenters. The molecule has 2 saturated heterocycles. The number of hydrogen-bond acceptors (Lipinski definition) is 16. The minimum Gasteiger partial charge on any atom is -0.431 e. The SMILES string of the molecule is COP(O)(=S)OC1[C@@H](COC(=O)OCc2ccccc2)O[C@@H](n2ccc(=O)[nH]c2=O)[C@H]1C/C=C/CCCCNC(=O)CCCCO[C@@H]1O[C@H](CO)[C@H](O)[C@H](O)[C@H]1NC(C)=O. The molecule has 60 heavy (non-hydrogen) atoms. The third-order valence-corrected chi connectivity index (χ3v) is 11.3. The number of H-pyrrole nitrogens is 1. The van der Waals surface area contributed by atoms with E-state index in [4.69, 9.17) is 44.5 Å². The number of carbonyl (C=O) groups excluding carboxylic acids is 3. The zero-order valence-electron chi connectivity index (χ0n) is 33.4. The molecule has 20 nitrogen and oxygen atoms in total. The van der Waals surface area contributed by atoms with Crippen molar-refractivity contribution in [2.45, 2.75) is 108 Å². The van der Waals surface area contributed by atoms with Crippen LogP contribution in [0.4, 0.5) is 4.79 Å². The second kappa shape index (κ2) is 24.5. The van der Waals surface area contributed by atoms with Crippen LogP contribution in [0, 0.1) is 5.92 Å². The summed E-state index contributed by atoms with van der Waals surface area (Å²) in [5, 5.41) is 35.3. The van der Waals surface area contributed by atoms with Crippen LogP contribution in [0.1, 0.15) is 63.7 Å². The van der Waals surface area contributed by atoms with Crippen LogP contribution in [0.25, 0.3) is 0 Å². The summed E-state index contributed by atoms with van der Waals surface area (Å²) in [6.07, 6.45) is -0.553. The predicted octanol–water partition coefficient (Wildman–Crippen LogP) is 1.02. The number of rotatable bonds is 23. The predicted molar refractivity (Wildman–Crippen MR) is 215 cm³/mol. The lowest BCUT2D eigenvalue weighted by Gasteiger charge is -2.42. The molecule has 22 heteroatoms. The van der Waals surface area contributed by atoms with Crippen LogP contribution >= 0.6 is 6.72 Å². The van der Waals surface area contributed by atoms with Crippen molar-refractivity contribution in [1.82, 2.24) is 20.2 Å². The molecule has 3 heterocycles. The first-order valence-electron chi connectivity index (χ1n) is 19.5. The lowest BCUT2D eigenvalue weighted by molar-refractivity contribution is -0.270. The standard InChI is InChI=1S/C38H55N4O16PS/c1-24(44)40-31-33(48)32(47)27(21-43)57-36(31)53-20-12-10-16-29(45)39-18-11-5-3-4-9-15-26-34(58-59(51,60)52-2)28(56-35(26)42-19-17-30(46)41-37(42)49)23-55-38(50)54-22-25-13-7-6-8-14-25/h4,6-9,13-14,17,19,26-28,31-36,43,47-48H,3,5,10-12,15-16,18,20-23H2,1-2H3,(H,39,45)(H,40,44)(H,51,60)(H,41,46,49)/b9-4+/t26-,27+,28+,31+,32-,33+,34?,35+,36+,59?/m0/s1. The van der Waals surface area contributed by atoms with Crippen LogP contribution < -0.4 is 21.9 Å². The molecule has 0 saturated carbocycles. The smallest absolute Gasteiger partial charge is 0.431 e. The van der Waals surface area contributed by atoms with Gasteiger partial charge < -0.3 is 63.6 Å². The van der Waals surface area contributed by atoms with Gasteiger partial charge in [-0.25, -0.2) is 9.59 Å². The molecule has 7 N–H and O–H groups in total. The Morgan fingerprint density at radius 1 is 1.00 bits per heavy atom. The normalized spacial score (nSPS) is 26.3. The van der Waals surface area contributed by atoms with Gasteiger partial charge in [0.2, 0.25) is 11.8 Å². The minimum atomic E-state index is -3.80. The summed E-state index contributed by atoms with van der Waals surface area (Å²) in [7, 11) is 1.19. The van der Waals surface area contributed by atoms with Crippen molar-refractivity contribution in [2.75, 3.05) is 33.5 Å². The quantitative estimate of drug-likeness (QED) is 0.0355. The molecule has 2 aliphatic heterocycles. The number of aromatic nitrogens is 2. The number of aliphatic hydroxyl groups is 3. The zero-order chi connectivity index (χ0) is 43.7. The Bertz CT molecular complexity index is 1870. The maximum absolute atomic E-state index is 12.9. The third kappa shape index (κ3) is 15.2. The maximum atomic E-state index is 12.9. The highest BCUT2D eigenvalue weighted by atomic mass is 32.5. The lowest BCUT2D eigenvalue weighted by atomic mass is 9.95. The molecule has 0 spiro atoms. The van der Waals surface area contributed by atoms with Crippen LogP contribution in [0.5, 0.6) is 0 Å². The molecular formula is C38H55N4O16PS. The summed E-state index contributed by atoms with van der Waals surface area (Å²) in [5.41, 5.74) is -0.618. The minimum absolute atomic E-state index is 0.0339. The number of amides is 2. The fraction of sp³-hybridized carbons (Fsp3) is 0.605. The number of aliphatic hydroxyl groups excluding tert-OH is 3. The number of benzene rings is 1. The van der Waals surface area contributed by atoms with Gasteiger partial charge in [-0.15, -0.1) is 0 Å². The summed E-state index contributed by atoms with van der Waals surface area (Å²) >= 11 is 5.15. The molecule has 0 bridgehead atoms. The van der Waals surface area contributed by atoms with Gasteiger partial charge in [0, 0.05) is 51.8 Å². The highest BCUT2D eigenvalue weighted by Gasteiger charge is 2.49. The Hall–Kier alpha value is -3.86. The molecule has 2 aliphatic rings. The molecule has 4 rings (SSSR count). The number of nitrogens with zero attached hydrogens (tertiary/aromatic N) is 1. The largest absolute Gasteiger partial charge is 0.508 e. The Balaban J connectivity index is 1.24. The molecule has 2 aromatic rings. The van der Waals surface area contributed by atoms with E-state index < -0.39 is 91.6 Å². The first kappa shape index (κ1) is 48.8. The van der Waals surface area contributed by atoms with E-state index >= 15 is 0 Å². The van der Waals surface area contributed by atoms with E-state index in [0.29, 0.717) is 32.2 Å². The van der Waals surface area contributed by atoms with Gasteiger partial charge >= 0.3 is 18.6 Å². The van der Waals surface area contributed by atoms with Crippen LogP contribution in [-0.2, 0) is 60.7 Å². The van der Waals surface area contributed by atoms with Crippen LogP contribution in [0.2, 0.25) is 0 Å².